The van der Waals surface area contributed by atoms with Crippen LogP contribution in [0.4, 0.5) is 0 Å². The topological polar surface area (TPSA) is 61.2 Å². The van der Waals surface area contributed by atoms with Gasteiger partial charge in [-0.15, -0.1) is 0 Å². The molecule has 0 atom stereocenters. The minimum Gasteiger partial charge on any atom is -0.496 e. The van der Waals surface area contributed by atoms with Crippen LogP contribution in [0.25, 0.3) is 11.0 Å². The first-order chi connectivity index (χ1) is 14.5. The van der Waals surface area contributed by atoms with E-state index in [1.54, 1.807) is 49.8 Å². The predicted octanol–water partition coefficient (Wildman–Crippen LogP) is 2.79. The molecule has 2 aromatic carbocycles. The van der Waals surface area contributed by atoms with E-state index in [1.165, 1.54) is 0 Å². The van der Waals surface area contributed by atoms with Crippen LogP contribution in [0, 0.1) is 6.92 Å². The lowest BCUT2D eigenvalue weighted by atomic mass is 9.94. The Hall–Kier alpha value is -3.67. The highest BCUT2D eigenvalue weighted by molar-refractivity contribution is 6.32. The standard InChI is InChI=1S/C24H19BN2O3/c1-15-11-17(8-9-21(15)30-2)22(28)20-14-27(13-16-5-3-6-18(25)12-16)24-19(23(20)29)7-4-10-26-24/h3-12,14H,13H2,1-2H3. The van der Waals surface area contributed by atoms with Crippen molar-refractivity contribution < 1.29 is 9.53 Å². The van der Waals surface area contributed by atoms with Crippen molar-refractivity contribution in [3.05, 3.63) is 99.5 Å². The molecule has 4 aromatic rings. The fourth-order valence-electron chi connectivity index (χ4n) is 3.57. The van der Waals surface area contributed by atoms with Gasteiger partial charge in [0.1, 0.15) is 19.2 Å². The van der Waals surface area contributed by atoms with Gasteiger partial charge in [-0.3, -0.25) is 9.59 Å². The number of hydrogen-bond acceptors (Lipinski definition) is 4. The van der Waals surface area contributed by atoms with E-state index in [0.29, 0.717) is 34.4 Å². The van der Waals surface area contributed by atoms with E-state index < -0.39 is 0 Å². The average Bonchev–Trinajstić information content (AvgIpc) is 2.75. The van der Waals surface area contributed by atoms with Crippen LogP contribution in [0.5, 0.6) is 5.75 Å². The summed E-state index contributed by atoms with van der Waals surface area (Å²) in [6.07, 6.45) is 3.22. The Morgan fingerprint density at radius 1 is 1.13 bits per heavy atom. The quantitative estimate of drug-likeness (QED) is 0.386. The first kappa shape index (κ1) is 19.6. The summed E-state index contributed by atoms with van der Waals surface area (Å²) in [5, 5.41) is 0.400. The van der Waals surface area contributed by atoms with Crippen LogP contribution < -0.4 is 15.6 Å². The smallest absolute Gasteiger partial charge is 0.202 e. The van der Waals surface area contributed by atoms with Crippen molar-refractivity contribution >= 4 is 30.1 Å². The lowest BCUT2D eigenvalue weighted by Gasteiger charge is -2.13. The molecule has 0 spiro atoms. The SMILES string of the molecule is [B]c1cccc(Cn2cc(C(=O)c3ccc(OC)c(C)c3)c(=O)c3cccnc32)c1. The molecule has 146 valence electrons. The van der Waals surface area contributed by atoms with Crippen molar-refractivity contribution in [2.75, 3.05) is 7.11 Å². The molecule has 30 heavy (non-hydrogen) atoms. The Bertz CT molecular complexity index is 1330. The Morgan fingerprint density at radius 2 is 1.97 bits per heavy atom. The molecule has 4 rings (SSSR count). The summed E-state index contributed by atoms with van der Waals surface area (Å²) in [5.41, 5.74) is 3.15. The highest BCUT2D eigenvalue weighted by Crippen LogP contribution is 2.21. The molecule has 2 heterocycles. The van der Waals surface area contributed by atoms with Gasteiger partial charge in [0.15, 0.2) is 5.78 Å². The molecule has 6 heteroatoms. The van der Waals surface area contributed by atoms with E-state index in [4.69, 9.17) is 12.6 Å². The zero-order valence-corrected chi connectivity index (χ0v) is 16.8. The third-order valence-electron chi connectivity index (χ3n) is 5.04. The van der Waals surface area contributed by atoms with Gasteiger partial charge in [0.25, 0.3) is 0 Å². The highest BCUT2D eigenvalue weighted by Gasteiger charge is 2.18. The minimum absolute atomic E-state index is 0.101. The molecule has 0 saturated carbocycles. The number of ether oxygens (including phenoxy) is 1. The molecule has 0 bridgehead atoms. The third-order valence-corrected chi connectivity index (χ3v) is 5.04. The summed E-state index contributed by atoms with van der Waals surface area (Å²) >= 11 is 0. The van der Waals surface area contributed by atoms with Crippen molar-refractivity contribution in [3.8, 4) is 5.75 Å². The van der Waals surface area contributed by atoms with Crippen LogP contribution in [0.1, 0.15) is 27.0 Å². The lowest BCUT2D eigenvalue weighted by molar-refractivity contribution is 0.103. The summed E-state index contributed by atoms with van der Waals surface area (Å²) in [4.78, 5) is 30.7. The molecule has 0 aliphatic heterocycles. The monoisotopic (exact) mass is 394 g/mol. The number of aryl methyl sites for hydroxylation is 1. The number of benzene rings is 2. The Labute approximate surface area is 175 Å². The van der Waals surface area contributed by atoms with Crippen LogP contribution in [-0.2, 0) is 6.54 Å². The van der Waals surface area contributed by atoms with E-state index >= 15 is 0 Å². The maximum absolute atomic E-state index is 13.2. The second-order valence-corrected chi connectivity index (χ2v) is 7.13. The molecule has 0 N–H and O–H groups in total. The highest BCUT2D eigenvalue weighted by atomic mass is 16.5. The number of methoxy groups -OCH3 is 1. The molecule has 5 nitrogen and oxygen atoms in total. The Morgan fingerprint density at radius 3 is 2.70 bits per heavy atom. The van der Waals surface area contributed by atoms with Gasteiger partial charge in [-0.2, -0.15) is 0 Å². The number of pyridine rings is 2. The zero-order chi connectivity index (χ0) is 21.3. The van der Waals surface area contributed by atoms with Gasteiger partial charge in [-0.25, -0.2) is 4.98 Å². The van der Waals surface area contributed by atoms with Crippen molar-refractivity contribution in [1.82, 2.24) is 9.55 Å². The molecule has 0 amide bonds. The third kappa shape index (κ3) is 3.64. The van der Waals surface area contributed by atoms with E-state index in [2.05, 4.69) is 4.98 Å². The van der Waals surface area contributed by atoms with Crippen molar-refractivity contribution in [1.29, 1.82) is 0 Å². The maximum Gasteiger partial charge on any atom is 0.202 e. The van der Waals surface area contributed by atoms with Gasteiger partial charge in [-0.05, 0) is 48.4 Å². The molecular formula is C24H19BN2O3. The Kier molecular flexibility index (Phi) is 5.23. The first-order valence-electron chi connectivity index (χ1n) is 9.50. The number of ketones is 1. The van der Waals surface area contributed by atoms with Crippen molar-refractivity contribution in [2.45, 2.75) is 13.5 Å². The van der Waals surface area contributed by atoms with E-state index in [-0.39, 0.29) is 16.8 Å². The van der Waals surface area contributed by atoms with Crippen molar-refractivity contribution in [2.24, 2.45) is 0 Å². The van der Waals surface area contributed by atoms with E-state index in [0.717, 1.165) is 11.1 Å². The number of rotatable bonds is 5. The summed E-state index contributed by atoms with van der Waals surface area (Å²) in [6, 6.07) is 16.0. The van der Waals surface area contributed by atoms with Crippen LogP contribution in [0.3, 0.4) is 0 Å². The predicted molar refractivity (Wildman–Crippen MR) is 118 cm³/mol. The minimum atomic E-state index is -0.335. The van der Waals surface area contributed by atoms with Crippen LogP contribution in [0.15, 0.2) is 71.8 Å². The van der Waals surface area contributed by atoms with Crippen molar-refractivity contribution in [3.63, 3.8) is 0 Å². The Balaban J connectivity index is 1.86. The molecule has 0 fully saturated rings. The molecular weight excluding hydrogens is 375 g/mol. The molecule has 2 radical (unpaired) electrons. The number of fused-ring (bicyclic) bond motifs is 1. The molecule has 0 unspecified atom stereocenters. The number of hydrogen-bond donors (Lipinski definition) is 0. The van der Waals surface area contributed by atoms with Gasteiger partial charge in [0, 0.05) is 24.5 Å². The molecule has 0 aliphatic rings. The molecule has 2 aromatic heterocycles. The van der Waals surface area contributed by atoms with Gasteiger partial charge in [0.2, 0.25) is 5.43 Å². The summed E-state index contributed by atoms with van der Waals surface area (Å²) < 4.78 is 7.08. The van der Waals surface area contributed by atoms with Crippen LogP contribution in [-0.4, -0.2) is 30.3 Å². The second-order valence-electron chi connectivity index (χ2n) is 7.13. The number of aromatic nitrogens is 2. The zero-order valence-electron chi connectivity index (χ0n) is 16.8. The van der Waals surface area contributed by atoms with E-state index in [1.807, 2.05) is 35.8 Å². The van der Waals surface area contributed by atoms with Crippen LogP contribution >= 0.6 is 0 Å². The average molecular weight is 394 g/mol. The lowest BCUT2D eigenvalue weighted by Crippen LogP contribution is -2.21. The summed E-state index contributed by atoms with van der Waals surface area (Å²) in [6.45, 7) is 2.29. The maximum atomic E-state index is 13.2. The summed E-state index contributed by atoms with van der Waals surface area (Å²) in [7, 11) is 7.48. The van der Waals surface area contributed by atoms with Gasteiger partial charge in [-0.1, -0.05) is 29.7 Å². The number of nitrogens with zero attached hydrogens (tertiary/aromatic N) is 2. The normalized spacial score (nSPS) is 10.9. The first-order valence-corrected chi connectivity index (χ1v) is 9.50. The largest absolute Gasteiger partial charge is 0.496 e. The van der Waals surface area contributed by atoms with Gasteiger partial charge < -0.3 is 9.30 Å². The van der Waals surface area contributed by atoms with Gasteiger partial charge in [0.05, 0.1) is 18.1 Å². The van der Waals surface area contributed by atoms with E-state index in [9.17, 15) is 9.59 Å². The summed E-state index contributed by atoms with van der Waals surface area (Å²) in [5.74, 6) is 0.353. The van der Waals surface area contributed by atoms with Crippen LogP contribution in [0.2, 0.25) is 0 Å². The number of carbonyl (C=O) groups is 1. The van der Waals surface area contributed by atoms with Gasteiger partial charge >= 0.3 is 0 Å². The fraction of sp³-hybridized carbons (Fsp3) is 0.125. The fourth-order valence-corrected chi connectivity index (χ4v) is 3.57. The molecule has 0 aliphatic carbocycles. The number of carbonyl (C=O) groups excluding carboxylic acids is 1. The molecule has 0 saturated heterocycles. The second kappa shape index (κ2) is 7.99.